The minimum absolute atomic E-state index is 0.155. The summed E-state index contributed by atoms with van der Waals surface area (Å²) in [6, 6.07) is 17.3. The highest BCUT2D eigenvalue weighted by atomic mass is 35.5. The lowest BCUT2D eigenvalue weighted by Gasteiger charge is -2.24. The summed E-state index contributed by atoms with van der Waals surface area (Å²) in [6.45, 7) is 2.55. The molecule has 1 fully saturated rings. The molecule has 41 heavy (non-hydrogen) atoms. The molecule has 2 aromatic heterocycles. The number of imidazole rings is 1. The number of carbonyl (C=O) groups is 2. The lowest BCUT2D eigenvalue weighted by molar-refractivity contribution is -0.149. The molecule has 11 heteroatoms. The quantitative estimate of drug-likeness (QED) is 0.213. The molecular formula is C30H26Cl2N6O3. The van der Waals surface area contributed by atoms with Crippen LogP contribution in [0.2, 0.25) is 10.0 Å². The van der Waals surface area contributed by atoms with Crippen LogP contribution in [0.3, 0.4) is 0 Å². The highest BCUT2D eigenvalue weighted by Crippen LogP contribution is 2.31. The molecule has 3 aromatic carbocycles. The second-order valence-electron chi connectivity index (χ2n) is 9.97. The first-order valence-electron chi connectivity index (χ1n) is 13.2. The van der Waals surface area contributed by atoms with Gasteiger partial charge < -0.3 is 19.9 Å². The maximum atomic E-state index is 13.6. The van der Waals surface area contributed by atoms with Crippen LogP contribution in [0.4, 0.5) is 5.82 Å². The topological polar surface area (TPSA) is 113 Å². The Morgan fingerprint density at radius 1 is 1.10 bits per heavy atom. The third kappa shape index (κ3) is 5.55. The highest BCUT2D eigenvalue weighted by Gasteiger charge is 2.36. The van der Waals surface area contributed by atoms with Gasteiger partial charge in [0.2, 0.25) is 0 Å². The van der Waals surface area contributed by atoms with Crippen molar-refractivity contribution in [3.63, 3.8) is 0 Å². The maximum Gasteiger partial charge on any atom is 0.329 e. The second-order valence-corrected chi connectivity index (χ2v) is 10.8. The van der Waals surface area contributed by atoms with E-state index >= 15 is 0 Å². The number of carbonyl (C=O) groups excluding carboxylic acids is 2. The number of nitrogens with zero attached hydrogens (tertiary/aromatic N) is 4. The number of amides is 1. The zero-order valence-electron chi connectivity index (χ0n) is 22.1. The standard InChI is InChI=1S/C30H26Cl2N6O3/c1-17(27-36-23-10-9-19(31)12-25(23)37-27)35-28-21-13-22(32)20(14-24(21)33-16-34-28)29(39)38-11-5-8-26(38)30(40)41-15-18-6-3-2-4-7-18/h2-4,6-7,9-10,12-14,16-17,26H,5,8,11,15H2,1H3,(H,36,37)(H,33,34,35). The highest BCUT2D eigenvalue weighted by molar-refractivity contribution is 6.35. The van der Waals surface area contributed by atoms with Crippen molar-refractivity contribution in [3.05, 3.63) is 94.0 Å². The van der Waals surface area contributed by atoms with Crippen LogP contribution < -0.4 is 5.32 Å². The summed E-state index contributed by atoms with van der Waals surface area (Å²) in [7, 11) is 0. The van der Waals surface area contributed by atoms with E-state index in [0.29, 0.717) is 47.0 Å². The summed E-state index contributed by atoms with van der Waals surface area (Å²) in [5.74, 6) is 0.502. The van der Waals surface area contributed by atoms with Crippen molar-refractivity contribution in [2.24, 2.45) is 0 Å². The van der Waals surface area contributed by atoms with E-state index in [-0.39, 0.29) is 29.1 Å². The number of hydrogen-bond acceptors (Lipinski definition) is 7. The normalized spacial score (nSPS) is 15.8. The molecule has 1 amide bonds. The van der Waals surface area contributed by atoms with Crippen LogP contribution in [0.5, 0.6) is 0 Å². The Labute approximate surface area is 245 Å². The van der Waals surface area contributed by atoms with Crippen LogP contribution in [0.25, 0.3) is 21.9 Å². The molecule has 1 aliphatic heterocycles. The largest absolute Gasteiger partial charge is 0.459 e. The Balaban J connectivity index is 1.21. The molecule has 0 spiro atoms. The first kappa shape index (κ1) is 27.0. The van der Waals surface area contributed by atoms with Crippen molar-refractivity contribution in [1.29, 1.82) is 0 Å². The monoisotopic (exact) mass is 588 g/mol. The van der Waals surface area contributed by atoms with Gasteiger partial charge in [-0.25, -0.2) is 19.7 Å². The van der Waals surface area contributed by atoms with Crippen LogP contribution in [0, 0.1) is 0 Å². The van der Waals surface area contributed by atoms with Crippen LogP contribution in [-0.2, 0) is 16.1 Å². The summed E-state index contributed by atoms with van der Waals surface area (Å²) < 4.78 is 5.53. The van der Waals surface area contributed by atoms with Crippen molar-refractivity contribution in [2.45, 2.75) is 38.5 Å². The summed E-state index contributed by atoms with van der Waals surface area (Å²) in [4.78, 5) is 44.8. The first-order chi connectivity index (χ1) is 19.9. The molecule has 3 heterocycles. The first-order valence-corrected chi connectivity index (χ1v) is 14.0. The number of aromatic nitrogens is 4. The molecule has 1 saturated heterocycles. The maximum absolute atomic E-state index is 13.6. The van der Waals surface area contributed by atoms with Crippen molar-refractivity contribution >= 4 is 62.8 Å². The molecule has 2 N–H and O–H groups in total. The predicted molar refractivity (Wildman–Crippen MR) is 158 cm³/mol. The fourth-order valence-corrected chi connectivity index (χ4v) is 5.49. The smallest absolute Gasteiger partial charge is 0.329 e. The lowest BCUT2D eigenvalue weighted by atomic mass is 10.1. The van der Waals surface area contributed by atoms with Crippen molar-refractivity contribution < 1.29 is 14.3 Å². The molecule has 208 valence electrons. The van der Waals surface area contributed by atoms with Crippen LogP contribution in [0.15, 0.2) is 67.0 Å². The zero-order chi connectivity index (χ0) is 28.5. The summed E-state index contributed by atoms with van der Waals surface area (Å²) in [5, 5.41) is 4.89. The molecule has 5 aromatic rings. The van der Waals surface area contributed by atoms with E-state index in [1.165, 1.54) is 11.2 Å². The van der Waals surface area contributed by atoms with E-state index < -0.39 is 12.0 Å². The van der Waals surface area contributed by atoms with E-state index in [9.17, 15) is 9.59 Å². The molecule has 0 radical (unpaired) electrons. The molecule has 2 unspecified atom stereocenters. The fraction of sp³-hybridized carbons (Fsp3) is 0.233. The van der Waals surface area contributed by atoms with Gasteiger partial charge in [-0.1, -0.05) is 53.5 Å². The Kier molecular flexibility index (Phi) is 7.47. The number of fused-ring (bicyclic) bond motifs is 2. The average Bonchev–Trinajstić information content (AvgIpc) is 3.64. The van der Waals surface area contributed by atoms with Crippen LogP contribution in [0.1, 0.15) is 47.6 Å². The van der Waals surface area contributed by atoms with Crippen molar-refractivity contribution in [2.75, 3.05) is 11.9 Å². The Morgan fingerprint density at radius 3 is 2.76 bits per heavy atom. The van der Waals surface area contributed by atoms with Gasteiger partial charge in [0.25, 0.3) is 5.91 Å². The second kappa shape index (κ2) is 11.3. The summed E-state index contributed by atoms with van der Waals surface area (Å²) >= 11 is 12.8. The van der Waals surface area contributed by atoms with Gasteiger partial charge in [-0.2, -0.15) is 0 Å². The van der Waals surface area contributed by atoms with Gasteiger partial charge in [-0.3, -0.25) is 4.79 Å². The number of hydrogen-bond donors (Lipinski definition) is 2. The van der Waals surface area contributed by atoms with E-state index in [0.717, 1.165) is 16.6 Å². The lowest BCUT2D eigenvalue weighted by Crippen LogP contribution is -2.41. The summed E-state index contributed by atoms with van der Waals surface area (Å²) in [6.07, 6.45) is 2.66. The number of anilines is 1. The van der Waals surface area contributed by atoms with Crippen molar-refractivity contribution in [3.8, 4) is 0 Å². The van der Waals surface area contributed by atoms with Crippen LogP contribution in [-0.4, -0.2) is 49.3 Å². The molecule has 6 rings (SSSR count). The minimum atomic E-state index is -0.667. The third-order valence-electron chi connectivity index (χ3n) is 7.19. The average molecular weight is 589 g/mol. The van der Waals surface area contributed by atoms with Gasteiger partial charge in [0.15, 0.2) is 0 Å². The number of H-pyrrole nitrogens is 1. The van der Waals surface area contributed by atoms with Gasteiger partial charge in [0.05, 0.1) is 33.2 Å². The number of likely N-dealkylation sites (tertiary alicyclic amines) is 1. The molecule has 0 bridgehead atoms. The Morgan fingerprint density at radius 2 is 1.93 bits per heavy atom. The predicted octanol–water partition coefficient (Wildman–Crippen LogP) is 6.33. The fourth-order valence-electron chi connectivity index (χ4n) is 5.07. The molecule has 0 saturated carbocycles. The van der Waals surface area contributed by atoms with E-state index in [1.807, 2.05) is 49.4 Å². The van der Waals surface area contributed by atoms with Crippen LogP contribution >= 0.6 is 23.2 Å². The van der Waals surface area contributed by atoms with Gasteiger partial charge >= 0.3 is 5.97 Å². The Bertz CT molecular complexity index is 1760. The number of aromatic amines is 1. The molecule has 1 aliphatic rings. The number of nitrogens with one attached hydrogen (secondary N) is 2. The molecular weight excluding hydrogens is 563 g/mol. The number of esters is 1. The van der Waals surface area contributed by atoms with E-state index in [2.05, 4.69) is 25.3 Å². The molecule has 2 atom stereocenters. The van der Waals surface area contributed by atoms with E-state index in [4.69, 9.17) is 27.9 Å². The number of halogens is 2. The SMILES string of the molecule is CC(Nc1ncnc2cc(C(=O)N3CCCC3C(=O)OCc3ccccc3)c(Cl)cc12)c1nc2ccc(Cl)cc2[nH]1. The number of rotatable bonds is 7. The third-order valence-corrected chi connectivity index (χ3v) is 7.74. The van der Waals surface area contributed by atoms with Gasteiger partial charge in [-0.05, 0) is 55.7 Å². The number of ether oxygens (including phenoxy) is 1. The van der Waals surface area contributed by atoms with Gasteiger partial charge in [-0.15, -0.1) is 0 Å². The van der Waals surface area contributed by atoms with Crippen molar-refractivity contribution in [1.82, 2.24) is 24.8 Å². The number of benzene rings is 3. The Hall–Kier alpha value is -4.21. The van der Waals surface area contributed by atoms with E-state index in [1.54, 1.807) is 18.2 Å². The summed E-state index contributed by atoms with van der Waals surface area (Å²) in [5.41, 5.74) is 3.34. The van der Waals surface area contributed by atoms with Gasteiger partial charge in [0, 0.05) is 17.0 Å². The molecule has 9 nitrogen and oxygen atoms in total. The molecule has 0 aliphatic carbocycles. The van der Waals surface area contributed by atoms with Gasteiger partial charge in [0.1, 0.15) is 30.6 Å². The zero-order valence-corrected chi connectivity index (χ0v) is 23.6. The minimum Gasteiger partial charge on any atom is -0.459 e.